The van der Waals surface area contributed by atoms with Crippen molar-refractivity contribution in [3.8, 4) is 0 Å². The summed E-state index contributed by atoms with van der Waals surface area (Å²) in [6.45, 7) is 0. The van der Waals surface area contributed by atoms with E-state index >= 15 is 0 Å². The summed E-state index contributed by atoms with van der Waals surface area (Å²) in [6, 6.07) is -0.211. The average molecular weight is 202 g/mol. The van der Waals surface area contributed by atoms with Crippen LogP contribution in [-0.2, 0) is 0 Å². The molecule has 1 rings (SSSR count). The summed E-state index contributed by atoms with van der Waals surface area (Å²) in [5, 5.41) is 18.0. The summed E-state index contributed by atoms with van der Waals surface area (Å²) in [5.41, 5.74) is 1.90. The van der Waals surface area contributed by atoms with Gasteiger partial charge in [0.25, 0.3) is 0 Å². The highest BCUT2D eigenvalue weighted by molar-refractivity contribution is 5.71. The monoisotopic (exact) mass is 202 g/mol. The highest BCUT2D eigenvalue weighted by atomic mass is 16.4. The standard InChI is InChI=1S/C8H14N2O4/c11-7(12)9-10(8(13)14)6-4-2-1-3-5-6/h6,9H,1-5H2,(H,11,12)(H,13,14). The first-order chi connectivity index (χ1) is 6.61. The molecule has 0 radical (unpaired) electrons. The van der Waals surface area contributed by atoms with E-state index in [0.717, 1.165) is 37.1 Å². The lowest BCUT2D eigenvalue weighted by Gasteiger charge is -2.30. The second-order valence-corrected chi connectivity index (χ2v) is 3.36. The Hall–Kier alpha value is -1.46. The first kappa shape index (κ1) is 10.6. The van der Waals surface area contributed by atoms with E-state index in [9.17, 15) is 9.59 Å². The first-order valence-electron chi connectivity index (χ1n) is 4.63. The Morgan fingerprint density at radius 1 is 1.14 bits per heavy atom. The third-order valence-corrected chi connectivity index (χ3v) is 2.36. The van der Waals surface area contributed by atoms with Gasteiger partial charge < -0.3 is 10.2 Å². The van der Waals surface area contributed by atoms with Crippen LogP contribution in [0.5, 0.6) is 0 Å². The normalized spacial score (nSPS) is 17.4. The molecule has 0 heterocycles. The van der Waals surface area contributed by atoms with Crippen molar-refractivity contribution in [1.82, 2.24) is 10.4 Å². The van der Waals surface area contributed by atoms with Gasteiger partial charge in [0.2, 0.25) is 0 Å². The topological polar surface area (TPSA) is 89.9 Å². The summed E-state index contributed by atoms with van der Waals surface area (Å²) in [7, 11) is 0. The quantitative estimate of drug-likeness (QED) is 0.562. The van der Waals surface area contributed by atoms with Crippen LogP contribution in [0.15, 0.2) is 0 Å². The van der Waals surface area contributed by atoms with Crippen LogP contribution in [0.1, 0.15) is 32.1 Å². The van der Waals surface area contributed by atoms with Crippen LogP contribution in [0.25, 0.3) is 0 Å². The van der Waals surface area contributed by atoms with Crippen LogP contribution in [0.2, 0.25) is 0 Å². The van der Waals surface area contributed by atoms with Gasteiger partial charge in [-0.25, -0.2) is 20.0 Å². The second kappa shape index (κ2) is 4.69. The average Bonchev–Trinajstić information content (AvgIpc) is 2.15. The molecular weight excluding hydrogens is 188 g/mol. The molecule has 6 heteroatoms. The Bertz CT molecular complexity index is 225. The van der Waals surface area contributed by atoms with Gasteiger partial charge in [-0.2, -0.15) is 0 Å². The van der Waals surface area contributed by atoms with Gasteiger partial charge in [0.05, 0.1) is 6.04 Å². The number of hydrogen-bond acceptors (Lipinski definition) is 2. The van der Waals surface area contributed by atoms with Gasteiger partial charge in [0.1, 0.15) is 0 Å². The number of amides is 2. The van der Waals surface area contributed by atoms with Crippen molar-refractivity contribution in [2.45, 2.75) is 38.1 Å². The van der Waals surface area contributed by atoms with Crippen molar-refractivity contribution >= 4 is 12.2 Å². The fourth-order valence-corrected chi connectivity index (χ4v) is 1.74. The Labute approximate surface area is 81.5 Å². The zero-order valence-corrected chi connectivity index (χ0v) is 7.77. The van der Waals surface area contributed by atoms with Crippen LogP contribution in [0.4, 0.5) is 9.59 Å². The Morgan fingerprint density at radius 3 is 2.14 bits per heavy atom. The minimum absolute atomic E-state index is 0.211. The highest BCUT2D eigenvalue weighted by Gasteiger charge is 2.26. The predicted octanol–water partition coefficient (Wildman–Crippen LogP) is 1.48. The number of carbonyl (C=O) groups is 2. The fourth-order valence-electron chi connectivity index (χ4n) is 1.74. The second-order valence-electron chi connectivity index (χ2n) is 3.36. The van der Waals surface area contributed by atoms with Crippen LogP contribution in [0, 0.1) is 0 Å². The van der Waals surface area contributed by atoms with E-state index in [1.54, 1.807) is 0 Å². The van der Waals surface area contributed by atoms with E-state index in [2.05, 4.69) is 0 Å². The zero-order chi connectivity index (χ0) is 10.6. The van der Waals surface area contributed by atoms with E-state index in [1.165, 1.54) is 0 Å². The van der Waals surface area contributed by atoms with Crippen molar-refractivity contribution in [2.75, 3.05) is 0 Å². The van der Waals surface area contributed by atoms with E-state index in [1.807, 2.05) is 5.43 Å². The number of hydrazine groups is 1. The van der Waals surface area contributed by atoms with Crippen LogP contribution >= 0.6 is 0 Å². The molecule has 0 aliphatic heterocycles. The highest BCUT2D eigenvalue weighted by Crippen LogP contribution is 2.21. The molecule has 1 saturated carbocycles. The molecule has 0 unspecified atom stereocenters. The molecule has 0 saturated heterocycles. The Balaban J connectivity index is 2.56. The molecule has 0 aromatic carbocycles. The largest absolute Gasteiger partial charge is 0.464 e. The number of rotatable bonds is 1. The third-order valence-electron chi connectivity index (χ3n) is 2.36. The SMILES string of the molecule is O=C(O)NN(C(=O)O)C1CCCCC1. The Morgan fingerprint density at radius 2 is 1.71 bits per heavy atom. The van der Waals surface area contributed by atoms with Gasteiger partial charge in [-0.15, -0.1) is 0 Å². The molecular formula is C8H14N2O4. The molecule has 1 fully saturated rings. The van der Waals surface area contributed by atoms with E-state index in [-0.39, 0.29) is 6.04 Å². The van der Waals surface area contributed by atoms with E-state index in [0.29, 0.717) is 0 Å². The first-order valence-corrected chi connectivity index (χ1v) is 4.63. The molecule has 0 aromatic rings. The maximum Gasteiger partial charge on any atom is 0.426 e. The zero-order valence-electron chi connectivity index (χ0n) is 7.77. The fraction of sp³-hybridized carbons (Fsp3) is 0.750. The number of nitrogens with one attached hydrogen (secondary N) is 1. The molecule has 0 atom stereocenters. The smallest absolute Gasteiger partial charge is 0.426 e. The summed E-state index contributed by atoms with van der Waals surface area (Å²) in [6.07, 6.45) is 1.89. The van der Waals surface area contributed by atoms with Crippen molar-refractivity contribution < 1.29 is 19.8 Å². The van der Waals surface area contributed by atoms with Crippen LogP contribution in [-0.4, -0.2) is 33.5 Å². The predicted molar refractivity (Wildman–Crippen MR) is 47.9 cm³/mol. The number of hydrogen-bond donors (Lipinski definition) is 3. The minimum Gasteiger partial charge on any atom is -0.464 e. The van der Waals surface area contributed by atoms with Crippen LogP contribution < -0.4 is 5.43 Å². The molecule has 14 heavy (non-hydrogen) atoms. The molecule has 6 nitrogen and oxygen atoms in total. The molecule has 2 amide bonds. The lowest BCUT2D eigenvalue weighted by Crippen LogP contribution is -2.51. The van der Waals surface area contributed by atoms with Crippen molar-refractivity contribution in [3.05, 3.63) is 0 Å². The molecule has 3 N–H and O–H groups in total. The number of nitrogens with zero attached hydrogens (tertiary/aromatic N) is 1. The third kappa shape index (κ3) is 2.79. The molecule has 1 aliphatic carbocycles. The summed E-state index contributed by atoms with van der Waals surface area (Å²) in [4.78, 5) is 21.1. The lowest BCUT2D eigenvalue weighted by atomic mass is 9.95. The number of carboxylic acid groups (broad SMARTS) is 2. The van der Waals surface area contributed by atoms with Crippen molar-refractivity contribution in [1.29, 1.82) is 0 Å². The lowest BCUT2D eigenvalue weighted by molar-refractivity contribution is 0.0744. The molecule has 80 valence electrons. The molecule has 0 spiro atoms. The van der Waals surface area contributed by atoms with Gasteiger partial charge in [-0.3, -0.25) is 0 Å². The van der Waals surface area contributed by atoms with Crippen molar-refractivity contribution in [2.24, 2.45) is 0 Å². The Kier molecular flexibility index (Phi) is 3.55. The van der Waals surface area contributed by atoms with Crippen LogP contribution in [0.3, 0.4) is 0 Å². The van der Waals surface area contributed by atoms with Crippen molar-refractivity contribution in [3.63, 3.8) is 0 Å². The van der Waals surface area contributed by atoms with Gasteiger partial charge in [0.15, 0.2) is 0 Å². The minimum atomic E-state index is -1.34. The molecule has 0 aromatic heterocycles. The molecule has 0 bridgehead atoms. The summed E-state index contributed by atoms with van der Waals surface area (Å²) < 4.78 is 0. The summed E-state index contributed by atoms with van der Waals surface area (Å²) in [5.74, 6) is 0. The van der Waals surface area contributed by atoms with E-state index in [4.69, 9.17) is 10.2 Å². The summed E-state index contributed by atoms with van der Waals surface area (Å²) >= 11 is 0. The maximum absolute atomic E-state index is 10.7. The van der Waals surface area contributed by atoms with Gasteiger partial charge in [0, 0.05) is 0 Å². The maximum atomic E-state index is 10.7. The van der Waals surface area contributed by atoms with E-state index < -0.39 is 12.2 Å². The van der Waals surface area contributed by atoms with Gasteiger partial charge >= 0.3 is 12.2 Å². The molecule has 1 aliphatic rings. The van der Waals surface area contributed by atoms with Gasteiger partial charge in [-0.05, 0) is 12.8 Å². The van der Waals surface area contributed by atoms with Gasteiger partial charge in [-0.1, -0.05) is 19.3 Å².